The number of fused-ring (bicyclic) bond motifs is 3. The molecule has 0 bridgehead atoms. The van der Waals surface area contributed by atoms with Crippen molar-refractivity contribution in [1.29, 1.82) is 0 Å². The fraction of sp³-hybridized carbons (Fsp3) is 0.611. The molecule has 7 heteroatoms. The zero-order valence-corrected chi connectivity index (χ0v) is 15.6. The summed E-state index contributed by atoms with van der Waals surface area (Å²) in [6.45, 7) is 7.08. The molecule has 1 aliphatic heterocycles. The molecule has 25 heavy (non-hydrogen) atoms. The molecule has 0 spiro atoms. The predicted molar refractivity (Wildman–Crippen MR) is 101 cm³/mol. The molecule has 6 nitrogen and oxygen atoms in total. The smallest absolute Gasteiger partial charge is 0.219 e. The highest BCUT2D eigenvalue weighted by atomic mass is 32.1. The molecule has 1 saturated heterocycles. The second-order valence-electron chi connectivity index (χ2n) is 6.89. The third-order valence-corrected chi connectivity index (χ3v) is 6.49. The Labute approximate surface area is 152 Å². The van der Waals surface area contributed by atoms with Crippen LogP contribution in [-0.4, -0.2) is 64.9 Å². The number of carbonyl (C=O) groups is 1. The average molecular weight is 359 g/mol. The molecule has 3 heterocycles. The van der Waals surface area contributed by atoms with Crippen molar-refractivity contribution in [3.63, 3.8) is 0 Å². The minimum absolute atomic E-state index is 0.184. The highest BCUT2D eigenvalue weighted by molar-refractivity contribution is 7.19. The lowest BCUT2D eigenvalue weighted by molar-refractivity contribution is -0.130. The van der Waals surface area contributed by atoms with E-state index in [4.69, 9.17) is 0 Å². The van der Waals surface area contributed by atoms with Gasteiger partial charge in [0.25, 0.3) is 0 Å². The summed E-state index contributed by atoms with van der Waals surface area (Å²) < 4.78 is 0. The number of nitrogens with zero attached hydrogens (tertiary/aromatic N) is 4. The van der Waals surface area contributed by atoms with Crippen molar-refractivity contribution in [3.8, 4) is 0 Å². The number of thiophene rings is 1. The van der Waals surface area contributed by atoms with E-state index in [-0.39, 0.29) is 5.91 Å². The Hall–Kier alpha value is -1.73. The van der Waals surface area contributed by atoms with E-state index in [0.29, 0.717) is 0 Å². The van der Waals surface area contributed by atoms with E-state index in [0.717, 1.165) is 56.3 Å². The van der Waals surface area contributed by atoms with Crippen molar-refractivity contribution in [2.75, 3.05) is 44.6 Å². The Morgan fingerprint density at radius 3 is 2.80 bits per heavy atom. The molecule has 0 radical (unpaired) electrons. The molecule has 1 fully saturated rings. The van der Waals surface area contributed by atoms with E-state index in [1.54, 1.807) is 13.3 Å². The summed E-state index contributed by atoms with van der Waals surface area (Å²) in [5, 5.41) is 4.79. The monoisotopic (exact) mass is 359 g/mol. The zero-order chi connectivity index (χ0) is 17.2. The van der Waals surface area contributed by atoms with Crippen LogP contribution >= 0.6 is 11.3 Å². The van der Waals surface area contributed by atoms with Crippen LogP contribution in [-0.2, 0) is 17.6 Å². The lowest BCUT2D eigenvalue weighted by atomic mass is 9.97. The van der Waals surface area contributed by atoms with Gasteiger partial charge in [-0.25, -0.2) is 9.97 Å². The van der Waals surface area contributed by atoms with Gasteiger partial charge >= 0.3 is 0 Å². The van der Waals surface area contributed by atoms with Crippen LogP contribution in [0.15, 0.2) is 6.33 Å². The summed E-state index contributed by atoms with van der Waals surface area (Å²) in [4.78, 5) is 27.4. The SMILES string of the molecule is CC(=O)N1CCN(CCNc2ncnc3sc4c(c23)CCCC4)CC1. The molecule has 1 aliphatic carbocycles. The summed E-state index contributed by atoms with van der Waals surface area (Å²) in [6, 6.07) is 0. The van der Waals surface area contributed by atoms with E-state index in [2.05, 4.69) is 20.2 Å². The minimum Gasteiger partial charge on any atom is -0.368 e. The van der Waals surface area contributed by atoms with E-state index in [1.807, 2.05) is 16.2 Å². The van der Waals surface area contributed by atoms with Crippen LogP contribution in [0.2, 0.25) is 0 Å². The molecule has 2 aliphatic rings. The lowest BCUT2D eigenvalue weighted by Crippen LogP contribution is -2.49. The topological polar surface area (TPSA) is 61.4 Å². The number of anilines is 1. The normalized spacial score (nSPS) is 18.4. The largest absolute Gasteiger partial charge is 0.368 e. The first-order valence-electron chi connectivity index (χ1n) is 9.19. The predicted octanol–water partition coefficient (Wildman–Crippen LogP) is 2.15. The Morgan fingerprint density at radius 1 is 1.20 bits per heavy atom. The van der Waals surface area contributed by atoms with Crippen LogP contribution in [0.1, 0.15) is 30.2 Å². The van der Waals surface area contributed by atoms with Crippen molar-refractivity contribution >= 4 is 33.3 Å². The third-order valence-electron chi connectivity index (χ3n) is 5.29. The maximum absolute atomic E-state index is 11.4. The molecule has 1 N–H and O–H groups in total. The van der Waals surface area contributed by atoms with Crippen LogP contribution in [0.3, 0.4) is 0 Å². The maximum Gasteiger partial charge on any atom is 0.219 e. The van der Waals surface area contributed by atoms with E-state index in [9.17, 15) is 4.79 Å². The average Bonchev–Trinajstić information content (AvgIpc) is 3.01. The van der Waals surface area contributed by atoms with E-state index in [1.165, 1.54) is 35.1 Å². The summed E-state index contributed by atoms with van der Waals surface area (Å²) in [6.07, 6.45) is 6.59. The van der Waals surface area contributed by atoms with Crippen molar-refractivity contribution in [2.45, 2.75) is 32.6 Å². The molecule has 0 saturated carbocycles. The fourth-order valence-electron chi connectivity index (χ4n) is 3.84. The Bertz CT molecular complexity index is 766. The molecule has 134 valence electrons. The Morgan fingerprint density at radius 2 is 2.00 bits per heavy atom. The van der Waals surface area contributed by atoms with Crippen molar-refractivity contribution in [3.05, 3.63) is 16.8 Å². The molecule has 0 atom stereocenters. The van der Waals surface area contributed by atoms with Crippen molar-refractivity contribution in [1.82, 2.24) is 19.8 Å². The highest BCUT2D eigenvalue weighted by Crippen LogP contribution is 2.37. The maximum atomic E-state index is 11.4. The number of aryl methyl sites for hydroxylation is 2. The van der Waals surface area contributed by atoms with Gasteiger partial charge < -0.3 is 10.2 Å². The summed E-state index contributed by atoms with van der Waals surface area (Å²) in [5.41, 5.74) is 1.48. The van der Waals surface area contributed by atoms with Gasteiger partial charge in [-0.1, -0.05) is 0 Å². The first-order valence-corrected chi connectivity index (χ1v) is 10.0. The first-order chi connectivity index (χ1) is 12.2. The van der Waals surface area contributed by atoms with Gasteiger partial charge in [0.2, 0.25) is 5.91 Å². The molecular weight excluding hydrogens is 334 g/mol. The number of carbonyl (C=O) groups excluding carboxylic acids is 1. The van der Waals surface area contributed by atoms with E-state index >= 15 is 0 Å². The number of hydrogen-bond donors (Lipinski definition) is 1. The van der Waals surface area contributed by atoms with Gasteiger partial charge in [-0.2, -0.15) is 0 Å². The van der Waals surface area contributed by atoms with Gasteiger partial charge in [-0.05, 0) is 31.2 Å². The van der Waals surface area contributed by atoms with Crippen LogP contribution in [0.4, 0.5) is 5.82 Å². The molecule has 0 aromatic carbocycles. The van der Waals surface area contributed by atoms with Gasteiger partial charge in [0.15, 0.2) is 0 Å². The quantitative estimate of drug-likeness (QED) is 0.906. The molecular formula is C18H25N5OS. The molecule has 4 rings (SSSR count). The van der Waals surface area contributed by atoms with Crippen molar-refractivity contribution in [2.24, 2.45) is 0 Å². The summed E-state index contributed by atoms with van der Waals surface area (Å²) in [5.74, 6) is 1.18. The van der Waals surface area contributed by atoms with Gasteiger partial charge in [-0.15, -0.1) is 11.3 Å². The fourth-order valence-corrected chi connectivity index (χ4v) is 5.07. The van der Waals surface area contributed by atoms with Crippen LogP contribution in [0.25, 0.3) is 10.2 Å². The van der Waals surface area contributed by atoms with Gasteiger partial charge in [-0.3, -0.25) is 9.69 Å². The van der Waals surface area contributed by atoms with Crippen LogP contribution in [0.5, 0.6) is 0 Å². The number of piperazine rings is 1. The van der Waals surface area contributed by atoms with Crippen LogP contribution in [0, 0.1) is 0 Å². The molecule has 2 aromatic rings. The number of amides is 1. The lowest BCUT2D eigenvalue weighted by Gasteiger charge is -2.34. The molecule has 0 unspecified atom stereocenters. The standard InChI is InChI=1S/C18H25N5OS/c1-13(24)23-10-8-22(9-11-23)7-6-19-17-16-14-4-2-3-5-15(14)25-18(16)21-12-20-17/h12H,2-11H2,1H3,(H,19,20,21). The minimum atomic E-state index is 0.184. The Kier molecular flexibility index (Phi) is 4.85. The Balaban J connectivity index is 1.39. The first kappa shape index (κ1) is 16.7. The number of rotatable bonds is 4. The van der Waals surface area contributed by atoms with E-state index < -0.39 is 0 Å². The van der Waals surface area contributed by atoms with Gasteiger partial charge in [0.05, 0.1) is 5.39 Å². The van der Waals surface area contributed by atoms with Crippen molar-refractivity contribution < 1.29 is 4.79 Å². The number of aromatic nitrogens is 2. The summed E-state index contributed by atoms with van der Waals surface area (Å²) >= 11 is 1.84. The summed E-state index contributed by atoms with van der Waals surface area (Å²) in [7, 11) is 0. The van der Waals surface area contributed by atoms with Gasteiger partial charge in [0, 0.05) is 51.1 Å². The molecule has 2 aromatic heterocycles. The second kappa shape index (κ2) is 7.25. The van der Waals surface area contributed by atoms with Crippen LogP contribution < -0.4 is 5.32 Å². The highest BCUT2D eigenvalue weighted by Gasteiger charge is 2.21. The number of hydrogen-bond acceptors (Lipinski definition) is 6. The third kappa shape index (κ3) is 3.48. The zero-order valence-electron chi connectivity index (χ0n) is 14.8. The van der Waals surface area contributed by atoms with Gasteiger partial charge in [0.1, 0.15) is 17.0 Å². The second-order valence-corrected chi connectivity index (χ2v) is 7.97. The molecule has 1 amide bonds. The number of nitrogens with one attached hydrogen (secondary N) is 1.